The van der Waals surface area contributed by atoms with Crippen LogP contribution in [-0.2, 0) is 13.0 Å². The Morgan fingerprint density at radius 3 is 2.88 bits per heavy atom. The summed E-state index contributed by atoms with van der Waals surface area (Å²) in [6, 6.07) is 3.68. The summed E-state index contributed by atoms with van der Waals surface area (Å²) in [6.45, 7) is 4.94. The van der Waals surface area contributed by atoms with Crippen LogP contribution in [-0.4, -0.2) is 45.8 Å². The minimum absolute atomic E-state index is 0.0775. The lowest BCUT2D eigenvalue weighted by Gasteiger charge is -2.26. The van der Waals surface area contributed by atoms with Gasteiger partial charge in [0.05, 0.1) is 5.56 Å². The highest BCUT2D eigenvalue weighted by molar-refractivity contribution is 5.99. The van der Waals surface area contributed by atoms with Gasteiger partial charge in [0.1, 0.15) is 17.5 Å². The van der Waals surface area contributed by atoms with Gasteiger partial charge in [0.2, 0.25) is 0 Å². The van der Waals surface area contributed by atoms with E-state index >= 15 is 0 Å². The molecule has 0 saturated heterocycles. The molecule has 1 unspecified atom stereocenters. The highest BCUT2D eigenvalue weighted by atomic mass is 16.1. The van der Waals surface area contributed by atoms with Gasteiger partial charge in [0, 0.05) is 45.2 Å². The van der Waals surface area contributed by atoms with E-state index in [1.54, 1.807) is 12.3 Å². The Bertz CT molecular complexity index is 736. The third-order valence-electron chi connectivity index (χ3n) is 4.28. The first-order chi connectivity index (χ1) is 11.5. The van der Waals surface area contributed by atoms with Gasteiger partial charge >= 0.3 is 0 Å². The van der Waals surface area contributed by atoms with Crippen molar-refractivity contribution in [1.29, 1.82) is 0 Å². The van der Waals surface area contributed by atoms with Gasteiger partial charge in [-0.3, -0.25) is 4.79 Å². The van der Waals surface area contributed by atoms with Crippen molar-refractivity contribution in [2.45, 2.75) is 45.2 Å². The molecular formula is C17H24N6O. The molecule has 1 aliphatic rings. The van der Waals surface area contributed by atoms with Gasteiger partial charge in [-0.05, 0) is 18.6 Å². The van der Waals surface area contributed by atoms with Gasteiger partial charge in [0.15, 0.2) is 0 Å². The van der Waals surface area contributed by atoms with Gasteiger partial charge in [-0.25, -0.2) is 4.98 Å². The van der Waals surface area contributed by atoms with Gasteiger partial charge in [0.25, 0.3) is 5.91 Å². The van der Waals surface area contributed by atoms with Crippen molar-refractivity contribution in [3.8, 4) is 0 Å². The quantitative estimate of drug-likeness (QED) is 0.923. The highest BCUT2D eigenvalue weighted by Crippen LogP contribution is 2.21. The zero-order valence-corrected chi connectivity index (χ0v) is 14.7. The van der Waals surface area contributed by atoms with E-state index in [1.807, 2.05) is 25.1 Å². The molecule has 1 N–H and O–H groups in total. The number of fused-ring (bicyclic) bond motifs is 1. The Hall–Kier alpha value is -2.44. The van der Waals surface area contributed by atoms with Crippen LogP contribution in [0.1, 0.15) is 48.2 Å². The molecule has 2 aromatic rings. The molecule has 0 aromatic carbocycles. The summed E-state index contributed by atoms with van der Waals surface area (Å²) in [6.07, 6.45) is 3.41. The highest BCUT2D eigenvalue weighted by Gasteiger charge is 2.26. The van der Waals surface area contributed by atoms with Crippen LogP contribution in [0.2, 0.25) is 0 Å². The lowest BCUT2D eigenvalue weighted by Crippen LogP contribution is -2.41. The fourth-order valence-electron chi connectivity index (χ4n) is 3.09. The normalized spacial score (nSPS) is 16.8. The number of aryl methyl sites for hydroxylation is 1. The molecule has 7 heteroatoms. The van der Waals surface area contributed by atoms with Crippen LogP contribution >= 0.6 is 0 Å². The smallest absolute Gasteiger partial charge is 0.255 e. The Balaban J connectivity index is 1.76. The largest absolute Gasteiger partial charge is 0.362 e. The first kappa shape index (κ1) is 16.4. The van der Waals surface area contributed by atoms with E-state index in [0.29, 0.717) is 17.3 Å². The number of anilines is 1. The summed E-state index contributed by atoms with van der Waals surface area (Å²) >= 11 is 0. The molecule has 2 aromatic heterocycles. The number of carbonyl (C=O) groups is 1. The molecule has 1 amide bonds. The van der Waals surface area contributed by atoms with Gasteiger partial charge in [-0.1, -0.05) is 13.8 Å². The fraction of sp³-hybridized carbons (Fsp3) is 0.529. The number of hydrogen-bond donors (Lipinski definition) is 1. The Labute approximate surface area is 142 Å². The molecule has 0 bridgehead atoms. The molecule has 0 aliphatic carbocycles. The number of carbonyl (C=O) groups excluding carboxylic acids is 1. The van der Waals surface area contributed by atoms with Crippen molar-refractivity contribution in [3.05, 3.63) is 35.5 Å². The standard InChI is InChI=1S/C17H24N6O/c1-11(2)15-21-20-14-8-7-12(10-23(14)15)19-17(24)13-6-5-9-18-16(13)22(3)4/h5-6,9,11-12H,7-8,10H2,1-4H3,(H,19,24). The minimum atomic E-state index is -0.0839. The number of amides is 1. The van der Waals surface area contributed by atoms with E-state index < -0.39 is 0 Å². The number of hydrogen-bond acceptors (Lipinski definition) is 5. The summed E-state index contributed by atoms with van der Waals surface area (Å²) in [5.74, 6) is 2.91. The number of aromatic nitrogens is 4. The molecular weight excluding hydrogens is 304 g/mol. The van der Waals surface area contributed by atoms with E-state index in [-0.39, 0.29) is 11.9 Å². The van der Waals surface area contributed by atoms with Crippen LogP contribution in [0.3, 0.4) is 0 Å². The SMILES string of the molecule is CC(C)c1nnc2n1CC(NC(=O)c1cccnc1N(C)C)CC2. The molecule has 24 heavy (non-hydrogen) atoms. The Kier molecular flexibility index (Phi) is 4.51. The third kappa shape index (κ3) is 3.11. The summed E-state index contributed by atoms with van der Waals surface area (Å²) in [5.41, 5.74) is 0.598. The summed E-state index contributed by atoms with van der Waals surface area (Å²) < 4.78 is 2.15. The molecule has 0 saturated carbocycles. The fourth-order valence-corrected chi connectivity index (χ4v) is 3.09. The minimum Gasteiger partial charge on any atom is -0.362 e. The molecule has 1 atom stereocenters. The summed E-state index contributed by atoms with van der Waals surface area (Å²) in [7, 11) is 3.77. The Morgan fingerprint density at radius 1 is 1.38 bits per heavy atom. The lowest BCUT2D eigenvalue weighted by molar-refractivity contribution is 0.0927. The van der Waals surface area contributed by atoms with Crippen LogP contribution < -0.4 is 10.2 Å². The van der Waals surface area contributed by atoms with Gasteiger partial charge in [-0.15, -0.1) is 10.2 Å². The van der Waals surface area contributed by atoms with E-state index in [4.69, 9.17) is 0 Å². The lowest BCUT2D eigenvalue weighted by atomic mass is 10.1. The first-order valence-corrected chi connectivity index (χ1v) is 8.32. The van der Waals surface area contributed by atoms with Crippen LogP contribution in [0.4, 0.5) is 5.82 Å². The maximum Gasteiger partial charge on any atom is 0.255 e. The molecule has 0 fully saturated rings. The van der Waals surface area contributed by atoms with Crippen LogP contribution in [0, 0.1) is 0 Å². The zero-order valence-electron chi connectivity index (χ0n) is 14.7. The van der Waals surface area contributed by atoms with Crippen LogP contribution in [0.15, 0.2) is 18.3 Å². The van der Waals surface area contributed by atoms with Gasteiger partial charge in [-0.2, -0.15) is 0 Å². The first-order valence-electron chi connectivity index (χ1n) is 8.32. The summed E-state index contributed by atoms with van der Waals surface area (Å²) in [4.78, 5) is 18.8. The third-order valence-corrected chi connectivity index (χ3v) is 4.28. The molecule has 3 rings (SSSR count). The molecule has 0 spiro atoms. The number of nitrogens with one attached hydrogen (secondary N) is 1. The monoisotopic (exact) mass is 328 g/mol. The molecule has 3 heterocycles. The maximum absolute atomic E-state index is 12.7. The van der Waals surface area contributed by atoms with Crippen molar-refractivity contribution in [1.82, 2.24) is 25.1 Å². The average Bonchev–Trinajstić information content (AvgIpc) is 2.98. The van der Waals surface area contributed by atoms with E-state index in [0.717, 1.165) is 31.0 Å². The number of pyridine rings is 1. The van der Waals surface area contributed by atoms with Crippen LogP contribution in [0.25, 0.3) is 0 Å². The molecule has 1 aliphatic heterocycles. The van der Waals surface area contributed by atoms with Crippen molar-refractivity contribution >= 4 is 11.7 Å². The zero-order chi connectivity index (χ0) is 17.3. The number of rotatable bonds is 4. The van der Waals surface area contributed by atoms with Crippen molar-refractivity contribution in [2.24, 2.45) is 0 Å². The second-order valence-electron chi connectivity index (χ2n) is 6.72. The maximum atomic E-state index is 12.7. The van der Waals surface area contributed by atoms with Crippen molar-refractivity contribution in [2.75, 3.05) is 19.0 Å². The van der Waals surface area contributed by atoms with Crippen molar-refractivity contribution in [3.63, 3.8) is 0 Å². The topological polar surface area (TPSA) is 75.9 Å². The Morgan fingerprint density at radius 2 is 2.17 bits per heavy atom. The van der Waals surface area contributed by atoms with Crippen LogP contribution in [0.5, 0.6) is 0 Å². The van der Waals surface area contributed by atoms with E-state index in [2.05, 4.69) is 38.9 Å². The molecule has 128 valence electrons. The molecule has 7 nitrogen and oxygen atoms in total. The average molecular weight is 328 g/mol. The van der Waals surface area contributed by atoms with Crippen molar-refractivity contribution < 1.29 is 4.79 Å². The van der Waals surface area contributed by atoms with E-state index in [1.165, 1.54) is 0 Å². The van der Waals surface area contributed by atoms with E-state index in [9.17, 15) is 4.79 Å². The second kappa shape index (κ2) is 6.59. The summed E-state index contributed by atoms with van der Waals surface area (Å²) in [5, 5.41) is 11.7. The predicted molar refractivity (Wildman–Crippen MR) is 92.3 cm³/mol. The second-order valence-corrected chi connectivity index (χ2v) is 6.72. The number of nitrogens with zero attached hydrogens (tertiary/aromatic N) is 5. The van der Waals surface area contributed by atoms with Gasteiger partial charge < -0.3 is 14.8 Å². The molecule has 0 radical (unpaired) electrons. The predicted octanol–water partition coefficient (Wildman–Crippen LogP) is 1.61.